The highest BCUT2D eigenvalue weighted by molar-refractivity contribution is 5.92. The van der Waals surface area contributed by atoms with Gasteiger partial charge < -0.3 is 5.32 Å². The molecule has 1 amide bonds. The van der Waals surface area contributed by atoms with Gasteiger partial charge in [-0.05, 0) is 18.9 Å². The zero-order chi connectivity index (χ0) is 16.3. The fourth-order valence-corrected chi connectivity index (χ4v) is 2.77. The molecule has 4 nitrogen and oxygen atoms in total. The predicted molar refractivity (Wildman–Crippen MR) is 82.1 cm³/mol. The summed E-state index contributed by atoms with van der Waals surface area (Å²) in [5.41, 5.74) is 0.985. The third-order valence-electron chi connectivity index (χ3n) is 3.90. The van der Waals surface area contributed by atoms with Crippen LogP contribution < -0.4 is 5.32 Å². The summed E-state index contributed by atoms with van der Waals surface area (Å²) >= 11 is 0. The number of hydrogen-bond donors (Lipinski definition) is 1. The molecule has 1 unspecified atom stereocenters. The van der Waals surface area contributed by atoms with Gasteiger partial charge in [-0.15, -0.1) is 0 Å². The van der Waals surface area contributed by atoms with E-state index in [1.165, 1.54) is 12.3 Å². The Hall–Kier alpha value is -2.37. The van der Waals surface area contributed by atoms with E-state index >= 15 is 0 Å². The van der Waals surface area contributed by atoms with Crippen LogP contribution in [0.4, 0.5) is 8.78 Å². The molecule has 23 heavy (non-hydrogen) atoms. The molecule has 6 heteroatoms. The first-order valence-electron chi connectivity index (χ1n) is 7.61. The van der Waals surface area contributed by atoms with Gasteiger partial charge >= 0.3 is 0 Å². The first-order valence-corrected chi connectivity index (χ1v) is 7.61. The highest BCUT2D eigenvalue weighted by atomic mass is 19.3. The van der Waals surface area contributed by atoms with Crippen molar-refractivity contribution in [2.45, 2.75) is 37.6 Å². The highest BCUT2D eigenvalue weighted by Gasteiger charge is 2.36. The van der Waals surface area contributed by atoms with E-state index in [4.69, 9.17) is 0 Å². The van der Waals surface area contributed by atoms with E-state index in [-0.39, 0.29) is 18.5 Å². The Morgan fingerprint density at radius 2 is 2.00 bits per heavy atom. The molecule has 1 atom stereocenters. The SMILES string of the molecule is O=C(NC1CCCC(F)(F)C1)c1ccnc(-c2ccccc2)n1. The van der Waals surface area contributed by atoms with Crippen LogP contribution in [-0.2, 0) is 0 Å². The van der Waals surface area contributed by atoms with Crippen LogP contribution in [0.25, 0.3) is 11.4 Å². The molecule has 1 aliphatic carbocycles. The number of alkyl halides is 2. The summed E-state index contributed by atoms with van der Waals surface area (Å²) in [7, 11) is 0. The maximum Gasteiger partial charge on any atom is 0.270 e. The van der Waals surface area contributed by atoms with Crippen molar-refractivity contribution in [3.8, 4) is 11.4 Å². The zero-order valence-electron chi connectivity index (χ0n) is 12.5. The molecule has 1 aromatic heterocycles. The van der Waals surface area contributed by atoms with Gasteiger partial charge in [0.05, 0.1) is 0 Å². The largest absolute Gasteiger partial charge is 0.348 e. The van der Waals surface area contributed by atoms with Gasteiger partial charge in [-0.1, -0.05) is 30.3 Å². The Bertz CT molecular complexity index is 691. The van der Waals surface area contributed by atoms with Crippen LogP contribution >= 0.6 is 0 Å². The number of halogens is 2. The number of rotatable bonds is 3. The molecular weight excluding hydrogens is 300 g/mol. The summed E-state index contributed by atoms with van der Waals surface area (Å²) < 4.78 is 26.8. The smallest absolute Gasteiger partial charge is 0.270 e. The van der Waals surface area contributed by atoms with Crippen LogP contribution in [0.1, 0.15) is 36.2 Å². The van der Waals surface area contributed by atoms with Crippen LogP contribution in [0.15, 0.2) is 42.6 Å². The van der Waals surface area contributed by atoms with Gasteiger partial charge in [0, 0.05) is 30.6 Å². The Morgan fingerprint density at radius 3 is 2.74 bits per heavy atom. The average Bonchev–Trinajstić information content (AvgIpc) is 2.55. The lowest BCUT2D eigenvalue weighted by molar-refractivity contribution is -0.0429. The molecule has 1 saturated carbocycles. The molecule has 1 aromatic carbocycles. The highest BCUT2D eigenvalue weighted by Crippen LogP contribution is 2.33. The molecule has 1 N–H and O–H groups in total. The number of carbonyl (C=O) groups is 1. The van der Waals surface area contributed by atoms with Gasteiger partial charge in [0.15, 0.2) is 5.82 Å². The lowest BCUT2D eigenvalue weighted by Gasteiger charge is -2.29. The van der Waals surface area contributed by atoms with Crippen LogP contribution in [0, 0.1) is 0 Å². The first-order chi connectivity index (χ1) is 11.0. The summed E-state index contributed by atoms with van der Waals surface area (Å²) in [4.78, 5) is 20.6. The molecule has 0 radical (unpaired) electrons. The van der Waals surface area contributed by atoms with E-state index in [0.717, 1.165) is 5.56 Å². The van der Waals surface area contributed by atoms with Gasteiger partial charge in [-0.2, -0.15) is 0 Å². The number of aromatic nitrogens is 2. The topological polar surface area (TPSA) is 54.9 Å². The van der Waals surface area contributed by atoms with E-state index < -0.39 is 17.9 Å². The van der Waals surface area contributed by atoms with Crippen molar-refractivity contribution in [1.82, 2.24) is 15.3 Å². The minimum atomic E-state index is -2.70. The molecule has 1 aliphatic rings. The molecule has 1 fully saturated rings. The van der Waals surface area contributed by atoms with E-state index in [0.29, 0.717) is 18.7 Å². The number of nitrogens with one attached hydrogen (secondary N) is 1. The van der Waals surface area contributed by atoms with Crippen LogP contribution in [-0.4, -0.2) is 27.8 Å². The van der Waals surface area contributed by atoms with Crippen molar-refractivity contribution < 1.29 is 13.6 Å². The molecule has 120 valence electrons. The predicted octanol–water partition coefficient (Wildman–Crippen LogP) is 3.45. The number of carbonyl (C=O) groups excluding carboxylic acids is 1. The first kappa shape index (κ1) is 15.5. The van der Waals surface area contributed by atoms with Gasteiger partial charge in [0.25, 0.3) is 5.91 Å². The van der Waals surface area contributed by atoms with E-state index in [1.54, 1.807) is 0 Å². The summed E-state index contributed by atoms with van der Waals surface area (Å²) in [5, 5.41) is 2.66. The Morgan fingerprint density at radius 1 is 1.22 bits per heavy atom. The normalized spacial score (nSPS) is 20.0. The third-order valence-corrected chi connectivity index (χ3v) is 3.90. The Balaban J connectivity index is 1.73. The standard InChI is InChI=1S/C17H17F2N3O/c18-17(19)9-4-7-13(11-17)21-16(23)14-8-10-20-15(22-14)12-5-2-1-3-6-12/h1-3,5-6,8,10,13H,4,7,9,11H2,(H,21,23). The lowest BCUT2D eigenvalue weighted by Crippen LogP contribution is -2.42. The molecule has 0 bridgehead atoms. The van der Waals surface area contributed by atoms with Gasteiger partial charge in [0.2, 0.25) is 5.92 Å². The molecule has 2 aromatic rings. The van der Waals surface area contributed by atoms with Crippen molar-refractivity contribution in [2.75, 3.05) is 0 Å². The summed E-state index contributed by atoms with van der Waals surface area (Å²) in [6.07, 6.45) is 2.06. The fourth-order valence-electron chi connectivity index (χ4n) is 2.77. The fraction of sp³-hybridized carbons (Fsp3) is 0.353. The van der Waals surface area contributed by atoms with E-state index in [2.05, 4.69) is 15.3 Å². The van der Waals surface area contributed by atoms with Crippen LogP contribution in [0.3, 0.4) is 0 Å². The van der Waals surface area contributed by atoms with E-state index in [9.17, 15) is 13.6 Å². The van der Waals surface area contributed by atoms with Crippen molar-refractivity contribution in [3.63, 3.8) is 0 Å². The second-order valence-electron chi connectivity index (χ2n) is 5.75. The third kappa shape index (κ3) is 3.88. The van der Waals surface area contributed by atoms with Crippen LogP contribution in [0.2, 0.25) is 0 Å². The lowest BCUT2D eigenvalue weighted by atomic mass is 9.92. The molecular formula is C17H17F2N3O. The number of benzene rings is 1. The van der Waals surface area contributed by atoms with Gasteiger partial charge in [0.1, 0.15) is 5.69 Å². The minimum Gasteiger partial charge on any atom is -0.348 e. The Kier molecular flexibility index (Phi) is 4.32. The van der Waals surface area contributed by atoms with Crippen molar-refractivity contribution in [3.05, 3.63) is 48.3 Å². The summed E-state index contributed by atoms with van der Waals surface area (Å²) in [6.45, 7) is 0. The zero-order valence-corrected chi connectivity index (χ0v) is 12.5. The van der Waals surface area contributed by atoms with Crippen molar-refractivity contribution in [2.24, 2.45) is 0 Å². The quantitative estimate of drug-likeness (QED) is 0.943. The number of nitrogens with zero attached hydrogens (tertiary/aromatic N) is 2. The van der Waals surface area contributed by atoms with E-state index in [1.807, 2.05) is 30.3 Å². The molecule has 0 spiro atoms. The molecule has 0 saturated heterocycles. The second-order valence-corrected chi connectivity index (χ2v) is 5.75. The van der Waals surface area contributed by atoms with Crippen LogP contribution in [0.5, 0.6) is 0 Å². The average molecular weight is 317 g/mol. The monoisotopic (exact) mass is 317 g/mol. The molecule has 1 heterocycles. The van der Waals surface area contributed by atoms with Crippen molar-refractivity contribution in [1.29, 1.82) is 0 Å². The number of hydrogen-bond acceptors (Lipinski definition) is 3. The molecule has 0 aliphatic heterocycles. The molecule has 3 rings (SSSR count). The van der Waals surface area contributed by atoms with Gasteiger partial charge in [-0.25, -0.2) is 18.7 Å². The van der Waals surface area contributed by atoms with Crippen molar-refractivity contribution >= 4 is 5.91 Å². The summed E-state index contributed by atoms with van der Waals surface area (Å²) in [5.74, 6) is -2.70. The second kappa shape index (κ2) is 6.40. The van der Waals surface area contributed by atoms with Gasteiger partial charge in [-0.3, -0.25) is 4.79 Å². The summed E-state index contributed by atoms with van der Waals surface area (Å²) in [6, 6.07) is 10.3. The maximum atomic E-state index is 13.4. The maximum absolute atomic E-state index is 13.4. The number of amides is 1. The Labute approximate surface area is 133 Å². The minimum absolute atomic E-state index is 0.106.